The first-order chi connectivity index (χ1) is 14.2. The maximum atomic E-state index is 13.3. The van der Waals surface area contributed by atoms with Crippen molar-refractivity contribution in [3.63, 3.8) is 0 Å². The van der Waals surface area contributed by atoms with E-state index < -0.39 is 11.0 Å². The third-order valence-electron chi connectivity index (χ3n) is 5.66. The Morgan fingerprint density at radius 2 is 1.80 bits per heavy atom. The molecule has 0 saturated carbocycles. The number of benzene rings is 2. The Kier molecular flexibility index (Phi) is 4.68. The number of Topliss-reactive ketones (excluding diaryl/α,β-unsaturated/α-hetero) is 1. The summed E-state index contributed by atoms with van der Waals surface area (Å²) < 4.78 is 0. The largest absolute Gasteiger partial charge is 0.357 e. The lowest BCUT2D eigenvalue weighted by Gasteiger charge is -2.36. The third kappa shape index (κ3) is 3.36. The SMILES string of the molecule is CC(=O)N1c2ccccc2NC2=C(C(=O)CC(C)(C)C2)[C@H]1c1ccc([N+](=O)[O-])cc1. The molecule has 4 rings (SSSR count). The van der Waals surface area contributed by atoms with Crippen LogP contribution in [-0.2, 0) is 9.59 Å². The number of hydrogen-bond donors (Lipinski definition) is 1. The van der Waals surface area contributed by atoms with Gasteiger partial charge in [0.15, 0.2) is 5.78 Å². The van der Waals surface area contributed by atoms with E-state index in [1.807, 2.05) is 24.3 Å². The van der Waals surface area contributed by atoms with Crippen LogP contribution < -0.4 is 10.2 Å². The number of amides is 1. The Morgan fingerprint density at radius 1 is 1.13 bits per heavy atom. The van der Waals surface area contributed by atoms with Gasteiger partial charge in [-0.3, -0.25) is 24.6 Å². The maximum Gasteiger partial charge on any atom is 0.269 e. The second-order valence-corrected chi connectivity index (χ2v) is 8.62. The second-order valence-electron chi connectivity index (χ2n) is 8.62. The van der Waals surface area contributed by atoms with E-state index in [-0.39, 0.29) is 22.8 Å². The average Bonchev–Trinajstić information content (AvgIpc) is 2.81. The number of nitro groups is 1. The summed E-state index contributed by atoms with van der Waals surface area (Å²) in [5, 5.41) is 14.5. The molecule has 0 saturated heterocycles. The topological polar surface area (TPSA) is 92.6 Å². The molecular formula is C23H23N3O4. The van der Waals surface area contributed by atoms with Gasteiger partial charge in [-0.05, 0) is 41.7 Å². The quantitative estimate of drug-likeness (QED) is 0.574. The summed E-state index contributed by atoms with van der Waals surface area (Å²) in [7, 11) is 0. The molecule has 2 aromatic rings. The molecule has 1 heterocycles. The molecule has 30 heavy (non-hydrogen) atoms. The Morgan fingerprint density at radius 3 is 2.43 bits per heavy atom. The van der Waals surface area contributed by atoms with Gasteiger partial charge in [0.2, 0.25) is 5.91 Å². The summed E-state index contributed by atoms with van der Waals surface area (Å²) in [6.45, 7) is 5.57. The number of fused-ring (bicyclic) bond motifs is 1. The number of carbonyl (C=O) groups excluding carboxylic acids is 2. The van der Waals surface area contributed by atoms with Crippen LogP contribution >= 0.6 is 0 Å². The molecule has 154 valence electrons. The highest BCUT2D eigenvalue weighted by Gasteiger charge is 2.42. The number of nitrogens with one attached hydrogen (secondary N) is 1. The Hall–Kier alpha value is -3.48. The molecule has 1 amide bonds. The van der Waals surface area contributed by atoms with Gasteiger partial charge in [-0.15, -0.1) is 0 Å². The number of allylic oxidation sites excluding steroid dienone is 1. The monoisotopic (exact) mass is 405 g/mol. The highest BCUT2D eigenvalue weighted by Crippen LogP contribution is 2.48. The average molecular weight is 405 g/mol. The predicted octanol–water partition coefficient (Wildman–Crippen LogP) is 4.76. The van der Waals surface area contributed by atoms with Crippen molar-refractivity contribution >= 4 is 28.8 Å². The smallest absolute Gasteiger partial charge is 0.269 e. The van der Waals surface area contributed by atoms with E-state index in [0.29, 0.717) is 29.7 Å². The number of para-hydroxylation sites is 2. The number of anilines is 2. The van der Waals surface area contributed by atoms with Crippen LogP contribution in [0.3, 0.4) is 0 Å². The Balaban J connectivity index is 1.97. The molecule has 0 fully saturated rings. The number of non-ortho nitro benzene ring substituents is 1. The minimum atomic E-state index is -0.655. The lowest BCUT2D eigenvalue weighted by Crippen LogP contribution is -2.38. The Labute approximate surface area is 174 Å². The van der Waals surface area contributed by atoms with E-state index in [2.05, 4.69) is 19.2 Å². The molecule has 1 N–H and O–H groups in total. The first-order valence-corrected chi connectivity index (χ1v) is 9.84. The van der Waals surface area contributed by atoms with E-state index in [9.17, 15) is 19.7 Å². The Bertz CT molecular complexity index is 1090. The maximum absolute atomic E-state index is 13.3. The molecule has 7 heteroatoms. The van der Waals surface area contributed by atoms with Crippen molar-refractivity contribution in [3.8, 4) is 0 Å². The lowest BCUT2D eigenvalue weighted by atomic mass is 9.73. The van der Waals surface area contributed by atoms with Crippen LogP contribution in [0, 0.1) is 15.5 Å². The molecule has 0 unspecified atom stereocenters. The zero-order valence-electron chi connectivity index (χ0n) is 17.1. The van der Waals surface area contributed by atoms with Crippen LogP contribution in [0.2, 0.25) is 0 Å². The number of ketones is 1. The molecular weight excluding hydrogens is 382 g/mol. The molecule has 2 aromatic carbocycles. The van der Waals surface area contributed by atoms with Crippen molar-refractivity contribution in [2.45, 2.75) is 39.7 Å². The number of rotatable bonds is 2. The first kappa shape index (κ1) is 19.8. The second kappa shape index (κ2) is 7.09. The fourth-order valence-corrected chi connectivity index (χ4v) is 4.43. The number of nitrogens with zero attached hydrogens (tertiary/aromatic N) is 2. The molecule has 1 atom stereocenters. The minimum absolute atomic E-state index is 0.0174. The summed E-state index contributed by atoms with van der Waals surface area (Å²) in [6, 6.07) is 12.9. The van der Waals surface area contributed by atoms with E-state index in [0.717, 1.165) is 11.4 Å². The van der Waals surface area contributed by atoms with Gasteiger partial charge in [-0.25, -0.2) is 0 Å². The highest BCUT2D eigenvalue weighted by atomic mass is 16.6. The van der Waals surface area contributed by atoms with Gasteiger partial charge < -0.3 is 5.32 Å². The van der Waals surface area contributed by atoms with Crippen LogP contribution in [0.1, 0.15) is 45.2 Å². The molecule has 1 aliphatic carbocycles. The van der Waals surface area contributed by atoms with Crippen LogP contribution in [0.25, 0.3) is 0 Å². The van der Waals surface area contributed by atoms with Crippen LogP contribution in [0.15, 0.2) is 59.8 Å². The molecule has 2 aliphatic rings. The van der Waals surface area contributed by atoms with E-state index in [1.165, 1.54) is 19.1 Å². The fraction of sp³-hybridized carbons (Fsp3) is 0.304. The van der Waals surface area contributed by atoms with Gasteiger partial charge in [-0.1, -0.05) is 26.0 Å². The molecule has 7 nitrogen and oxygen atoms in total. The zero-order chi connectivity index (χ0) is 21.6. The summed E-state index contributed by atoms with van der Waals surface area (Å²) >= 11 is 0. The van der Waals surface area contributed by atoms with Crippen molar-refractivity contribution in [3.05, 3.63) is 75.5 Å². The van der Waals surface area contributed by atoms with Crippen LogP contribution in [0.5, 0.6) is 0 Å². The van der Waals surface area contributed by atoms with Gasteiger partial charge in [-0.2, -0.15) is 0 Å². The summed E-state index contributed by atoms with van der Waals surface area (Å²) in [6.07, 6.45) is 1.04. The number of nitro benzene ring substituents is 1. The van der Waals surface area contributed by atoms with E-state index in [1.54, 1.807) is 17.0 Å². The lowest BCUT2D eigenvalue weighted by molar-refractivity contribution is -0.384. The highest BCUT2D eigenvalue weighted by molar-refractivity contribution is 6.05. The van der Waals surface area contributed by atoms with Crippen LogP contribution in [0.4, 0.5) is 17.1 Å². The first-order valence-electron chi connectivity index (χ1n) is 9.84. The number of hydrogen-bond acceptors (Lipinski definition) is 5. The van der Waals surface area contributed by atoms with Crippen molar-refractivity contribution in [2.75, 3.05) is 10.2 Å². The van der Waals surface area contributed by atoms with Gasteiger partial charge >= 0.3 is 0 Å². The molecule has 1 aliphatic heterocycles. The van der Waals surface area contributed by atoms with Crippen molar-refractivity contribution in [1.29, 1.82) is 0 Å². The van der Waals surface area contributed by atoms with Gasteiger partial charge in [0.25, 0.3) is 5.69 Å². The third-order valence-corrected chi connectivity index (χ3v) is 5.66. The summed E-state index contributed by atoms with van der Waals surface area (Å²) in [4.78, 5) is 38.4. The van der Waals surface area contributed by atoms with Crippen molar-refractivity contribution < 1.29 is 14.5 Å². The molecule has 0 bridgehead atoms. The number of carbonyl (C=O) groups is 2. The summed E-state index contributed by atoms with van der Waals surface area (Å²) in [5.74, 6) is -0.227. The fourth-order valence-electron chi connectivity index (χ4n) is 4.43. The van der Waals surface area contributed by atoms with Gasteiger partial charge in [0.05, 0.1) is 22.3 Å². The minimum Gasteiger partial charge on any atom is -0.357 e. The van der Waals surface area contributed by atoms with Crippen molar-refractivity contribution in [1.82, 2.24) is 0 Å². The molecule has 0 spiro atoms. The normalized spacial score (nSPS) is 20.0. The zero-order valence-corrected chi connectivity index (χ0v) is 17.1. The summed E-state index contributed by atoms with van der Waals surface area (Å²) in [5.41, 5.74) is 3.21. The molecule has 0 aromatic heterocycles. The molecule has 0 radical (unpaired) electrons. The van der Waals surface area contributed by atoms with Gasteiger partial charge in [0, 0.05) is 36.7 Å². The van der Waals surface area contributed by atoms with Gasteiger partial charge in [0.1, 0.15) is 0 Å². The van der Waals surface area contributed by atoms with Crippen LogP contribution in [-0.4, -0.2) is 16.6 Å². The standard InChI is InChI=1S/C23H23N3O4/c1-14(27)25-19-7-5-4-6-17(19)24-18-12-23(2,3)13-20(28)21(18)22(25)15-8-10-16(11-9-15)26(29)30/h4-11,22,24H,12-13H2,1-3H3/t22-/m1/s1. The van der Waals surface area contributed by atoms with Crippen molar-refractivity contribution in [2.24, 2.45) is 5.41 Å². The van der Waals surface area contributed by atoms with E-state index >= 15 is 0 Å². The predicted molar refractivity (Wildman–Crippen MR) is 114 cm³/mol. The van der Waals surface area contributed by atoms with E-state index in [4.69, 9.17) is 0 Å².